The Bertz CT molecular complexity index is 46.5. The van der Waals surface area contributed by atoms with E-state index in [0.717, 1.165) is 0 Å². The van der Waals surface area contributed by atoms with Gasteiger partial charge in [-0.1, -0.05) is 20.8 Å². The van der Waals surface area contributed by atoms with Crippen molar-refractivity contribution in [2.45, 2.75) is 33.6 Å². The lowest BCUT2D eigenvalue weighted by Crippen LogP contribution is -2.17. The molecule has 1 fully saturated rings. The molecule has 1 aliphatic rings. The molecule has 1 saturated heterocycles. The standard InChI is InChI=1S/C6H13N.C2H6/c1-2-7-5-3-4-6-7;1-2/h2-6H2,1H3;1-2H3. The number of likely N-dealkylation sites (tertiary alicyclic amines) is 1. The van der Waals surface area contributed by atoms with E-state index in [1.165, 1.54) is 32.5 Å². The highest BCUT2D eigenvalue weighted by molar-refractivity contribution is 4.62. The maximum atomic E-state index is 2.49. The quantitative estimate of drug-likeness (QED) is 0.524. The molecule has 0 spiro atoms. The molecule has 0 aliphatic carbocycles. The third-order valence-corrected chi connectivity index (χ3v) is 1.65. The van der Waals surface area contributed by atoms with Crippen LogP contribution in [0.15, 0.2) is 0 Å². The van der Waals surface area contributed by atoms with Gasteiger partial charge >= 0.3 is 0 Å². The minimum absolute atomic E-state index is 1.25. The number of hydrogen-bond donors (Lipinski definition) is 0. The molecule has 0 N–H and O–H groups in total. The fraction of sp³-hybridized carbons (Fsp3) is 1.00. The van der Waals surface area contributed by atoms with Crippen LogP contribution in [0.4, 0.5) is 0 Å². The molecule has 0 aromatic heterocycles. The van der Waals surface area contributed by atoms with Crippen molar-refractivity contribution in [3.8, 4) is 0 Å². The van der Waals surface area contributed by atoms with E-state index in [2.05, 4.69) is 11.8 Å². The molecular formula is C8H19N. The van der Waals surface area contributed by atoms with Crippen LogP contribution >= 0.6 is 0 Å². The molecule has 0 radical (unpaired) electrons. The zero-order chi connectivity index (χ0) is 7.11. The van der Waals surface area contributed by atoms with Crippen LogP contribution < -0.4 is 0 Å². The van der Waals surface area contributed by atoms with Crippen LogP contribution in [0.3, 0.4) is 0 Å². The monoisotopic (exact) mass is 129 g/mol. The summed E-state index contributed by atoms with van der Waals surface area (Å²) in [5.41, 5.74) is 0. The zero-order valence-corrected chi connectivity index (χ0v) is 6.98. The Hall–Kier alpha value is -0.0400. The SMILES string of the molecule is CC.CCN1CCCC1. The Balaban J connectivity index is 0.000000291. The summed E-state index contributed by atoms with van der Waals surface area (Å²) in [6, 6.07) is 0. The first-order chi connectivity index (χ1) is 4.43. The Labute approximate surface area is 59.1 Å². The minimum Gasteiger partial charge on any atom is -0.304 e. The highest BCUT2D eigenvalue weighted by Gasteiger charge is 2.06. The predicted molar refractivity (Wildman–Crippen MR) is 42.7 cm³/mol. The molecular weight excluding hydrogens is 110 g/mol. The van der Waals surface area contributed by atoms with Crippen LogP contribution in [-0.4, -0.2) is 24.5 Å². The third kappa shape index (κ3) is 3.52. The molecule has 9 heavy (non-hydrogen) atoms. The lowest BCUT2D eigenvalue weighted by molar-refractivity contribution is 0.359. The summed E-state index contributed by atoms with van der Waals surface area (Å²) in [6.45, 7) is 10.2. The normalized spacial score (nSPS) is 19.0. The number of nitrogens with zero attached hydrogens (tertiary/aromatic N) is 1. The molecule has 1 nitrogen and oxygen atoms in total. The van der Waals surface area contributed by atoms with E-state index in [9.17, 15) is 0 Å². The van der Waals surface area contributed by atoms with Gasteiger partial charge in [0.1, 0.15) is 0 Å². The van der Waals surface area contributed by atoms with Crippen molar-refractivity contribution in [1.29, 1.82) is 0 Å². The molecule has 0 saturated carbocycles. The zero-order valence-electron chi connectivity index (χ0n) is 6.98. The topological polar surface area (TPSA) is 3.24 Å². The van der Waals surface area contributed by atoms with Gasteiger partial charge in [-0.3, -0.25) is 0 Å². The molecule has 1 heterocycles. The summed E-state index contributed by atoms with van der Waals surface area (Å²) in [4.78, 5) is 2.49. The second-order valence-corrected chi connectivity index (χ2v) is 2.14. The second kappa shape index (κ2) is 6.09. The molecule has 1 aliphatic heterocycles. The summed E-state index contributed by atoms with van der Waals surface area (Å²) in [5, 5.41) is 0. The van der Waals surface area contributed by atoms with Gasteiger partial charge in [0.2, 0.25) is 0 Å². The van der Waals surface area contributed by atoms with E-state index in [0.29, 0.717) is 0 Å². The van der Waals surface area contributed by atoms with Crippen molar-refractivity contribution in [3.63, 3.8) is 0 Å². The lowest BCUT2D eigenvalue weighted by Gasteiger charge is -2.08. The van der Waals surface area contributed by atoms with Gasteiger partial charge in [-0.15, -0.1) is 0 Å². The Morgan fingerprint density at radius 3 is 1.78 bits per heavy atom. The van der Waals surface area contributed by atoms with Crippen molar-refractivity contribution < 1.29 is 0 Å². The van der Waals surface area contributed by atoms with Crippen LogP contribution in [0.25, 0.3) is 0 Å². The fourth-order valence-corrected chi connectivity index (χ4v) is 1.10. The molecule has 1 heteroatoms. The first kappa shape index (κ1) is 8.96. The highest BCUT2D eigenvalue weighted by Crippen LogP contribution is 2.04. The summed E-state index contributed by atoms with van der Waals surface area (Å²) < 4.78 is 0. The largest absolute Gasteiger partial charge is 0.304 e. The summed E-state index contributed by atoms with van der Waals surface area (Å²) in [7, 11) is 0. The predicted octanol–water partition coefficient (Wildman–Crippen LogP) is 2.13. The number of hydrogen-bond acceptors (Lipinski definition) is 1. The maximum absolute atomic E-state index is 2.49. The molecule has 1 rings (SSSR count). The molecule has 56 valence electrons. The summed E-state index contributed by atoms with van der Waals surface area (Å²) >= 11 is 0. The molecule has 0 unspecified atom stereocenters. The Kier molecular flexibility index (Phi) is 6.06. The van der Waals surface area contributed by atoms with Crippen LogP contribution in [-0.2, 0) is 0 Å². The molecule has 0 bridgehead atoms. The molecule has 0 atom stereocenters. The smallest absolute Gasteiger partial charge is 0.00184 e. The molecule has 0 amide bonds. The average molecular weight is 129 g/mol. The Morgan fingerprint density at radius 1 is 1.11 bits per heavy atom. The maximum Gasteiger partial charge on any atom is -0.00184 e. The van der Waals surface area contributed by atoms with Crippen LogP contribution in [0, 0.1) is 0 Å². The van der Waals surface area contributed by atoms with Crippen molar-refractivity contribution >= 4 is 0 Å². The van der Waals surface area contributed by atoms with Crippen molar-refractivity contribution in [1.82, 2.24) is 4.90 Å². The highest BCUT2D eigenvalue weighted by atomic mass is 15.1. The van der Waals surface area contributed by atoms with E-state index in [-0.39, 0.29) is 0 Å². The van der Waals surface area contributed by atoms with Crippen LogP contribution in [0.2, 0.25) is 0 Å². The van der Waals surface area contributed by atoms with Gasteiger partial charge < -0.3 is 4.90 Å². The van der Waals surface area contributed by atoms with Crippen LogP contribution in [0.5, 0.6) is 0 Å². The summed E-state index contributed by atoms with van der Waals surface area (Å²) in [6.07, 6.45) is 2.85. The van der Waals surface area contributed by atoms with Gasteiger partial charge in [0.05, 0.1) is 0 Å². The van der Waals surface area contributed by atoms with E-state index >= 15 is 0 Å². The van der Waals surface area contributed by atoms with E-state index in [1.54, 1.807) is 0 Å². The van der Waals surface area contributed by atoms with Gasteiger partial charge in [-0.25, -0.2) is 0 Å². The van der Waals surface area contributed by atoms with Gasteiger partial charge in [0.15, 0.2) is 0 Å². The first-order valence-electron chi connectivity index (χ1n) is 4.16. The second-order valence-electron chi connectivity index (χ2n) is 2.14. The summed E-state index contributed by atoms with van der Waals surface area (Å²) in [5.74, 6) is 0. The fourth-order valence-electron chi connectivity index (χ4n) is 1.10. The number of rotatable bonds is 1. The van der Waals surface area contributed by atoms with Crippen molar-refractivity contribution in [2.75, 3.05) is 19.6 Å². The van der Waals surface area contributed by atoms with Gasteiger partial charge in [-0.05, 0) is 32.5 Å². The first-order valence-corrected chi connectivity index (χ1v) is 4.16. The van der Waals surface area contributed by atoms with E-state index < -0.39 is 0 Å². The molecule has 0 aromatic rings. The Morgan fingerprint density at radius 2 is 1.56 bits per heavy atom. The van der Waals surface area contributed by atoms with Gasteiger partial charge in [0.25, 0.3) is 0 Å². The molecule has 0 aromatic carbocycles. The third-order valence-electron chi connectivity index (χ3n) is 1.65. The van der Waals surface area contributed by atoms with Crippen LogP contribution in [0.1, 0.15) is 33.6 Å². The average Bonchev–Trinajstić information content (AvgIpc) is 2.43. The van der Waals surface area contributed by atoms with E-state index in [1.807, 2.05) is 13.8 Å². The van der Waals surface area contributed by atoms with Gasteiger partial charge in [-0.2, -0.15) is 0 Å². The minimum atomic E-state index is 1.25. The lowest BCUT2D eigenvalue weighted by atomic mass is 10.4. The van der Waals surface area contributed by atoms with E-state index in [4.69, 9.17) is 0 Å². The van der Waals surface area contributed by atoms with Crippen molar-refractivity contribution in [2.24, 2.45) is 0 Å². The van der Waals surface area contributed by atoms with Gasteiger partial charge in [0, 0.05) is 0 Å². The van der Waals surface area contributed by atoms with Crippen molar-refractivity contribution in [3.05, 3.63) is 0 Å².